The molecule has 0 bridgehead atoms. The predicted octanol–water partition coefficient (Wildman–Crippen LogP) is -0.727. The minimum Gasteiger partial charge on any atom is -0.381 e. The zero-order valence-electron chi connectivity index (χ0n) is 13.3. The Labute approximate surface area is 132 Å². The Kier molecular flexibility index (Phi) is 6.19. The highest BCUT2D eigenvalue weighted by Gasteiger charge is 2.32. The van der Waals surface area contributed by atoms with Crippen LogP contribution in [0.3, 0.4) is 0 Å². The summed E-state index contributed by atoms with van der Waals surface area (Å²) in [4.78, 5) is 14.3. The standard InChI is InChI=1S/C14H26N2O5S/c1-11(22(2,18)19)14(17)15-9-13(12-3-6-21-10-12)16-4-7-20-8-5-16/h11-13H,3-10H2,1-2H3,(H,15,17)/t11-,12+,13+/m1/s1. The van der Waals surface area contributed by atoms with E-state index in [-0.39, 0.29) is 6.04 Å². The van der Waals surface area contributed by atoms with E-state index in [9.17, 15) is 13.2 Å². The molecule has 0 aromatic carbocycles. The van der Waals surface area contributed by atoms with Crippen molar-refractivity contribution in [2.45, 2.75) is 24.6 Å². The molecule has 0 saturated carbocycles. The Balaban J connectivity index is 1.95. The highest BCUT2D eigenvalue weighted by molar-refractivity contribution is 7.92. The molecule has 2 heterocycles. The zero-order valence-corrected chi connectivity index (χ0v) is 14.1. The molecule has 2 aliphatic rings. The molecule has 0 radical (unpaired) electrons. The summed E-state index contributed by atoms with van der Waals surface area (Å²) in [7, 11) is -3.36. The molecule has 1 N–H and O–H groups in total. The molecule has 2 fully saturated rings. The van der Waals surface area contributed by atoms with Crippen LogP contribution in [0.1, 0.15) is 13.3 Å². The molecule has 8 heteroatoms. The monoisotopic (exact) mass is 334 g/mol. The van der Waals surface area contributed by atoms with E-state index < -0.39 is 21.0 Å². The number of carbonyl (C=O) groups is 1. The van der Waals surface area contributed by atoms with Crippen LogP contribution in [0.25, 0.3) is 0 Å². The van der Waals surface area contributed by atoms with E-state index in [0.717, 1.165) is 32.4 Å². The van der Waals surface area contributed by atoms with Gasteiger partial charge in [-0.05, 0) is 13.3 Å². The molecule has 7 nitrogen and oxygen atoms in total. The van der Waals surface area contributed by atoms with Crippen molar-refractivity contribution >= 4 is 15.7 Å². The lowest BCUT2D eigenvalue weighted by Crippen LogP contribution is -2.53. The van der Waals surface area contributed by atoms with Gasteiger partial charge in [-0.2, -0.15) is 0 Å². The maximum atomic E-state index is 12.0. The molecule has 2 rings (SSSR count). The SMILES string of the molecule is C[C@H](C(=O)NC[C@@H]([C@H]1CCOC1)N1CCOCC1)S(C)(=O)=O. The Hall–Kier alpha value is -0.700. The molecule has 1 amide bonds. The number of hydrogen-bond acceptors (Lipinski definition) is 6. The lowest BCUT2D eigenvalue weighted by Gasteiger charge is -2.37. The Morgan fingerprint density at radius 1 is 1.27 bits per heavy atom. The molecule has 128 valence electrons. The van der Waals surface area contributed by atoms with Crippen molar-refractivity contribution in [3.05, 3.63) is 0 Å². The molecule has 2 saturated heterocycles. The van der Waals surface area contributed by atoms with Crippen molar-refractivity contribution < 1.29 is 22.7 Å². The predicted molar refractivity (Wildman–Crippen MR) is 82.4 cm³/mol. The summed E-state index contributed by atoms with van der Waals surface area (Å²) in [6, 6.07) is 0.169. The van der Waals surface area contributed by atoms with Gasteiger partial charge in [0.15, 0.2) is 9.84 Å². The normalized spacial score (nSPS) is 26.5. The van der Waals surface area contributed by atoms with E-state index in [1.165, 1.54) is 6.92 Å². The Morgan fingerprint density at radius 2 is 1.95 bits per heavy atom. The highest BCUT2D eigenvalue weighted by Crippen LogP contribution is 2.21. The van der Waals surface area contributed by atoms with Gasteiger partial charge in [0.2, 0.25) is 5.91 Å². The Bertz CT molecular complexity index is 470. The van der Waals surface area contributed by atoms with Crippen LogP contribution >= 0.6 is 0 Å². The summed E-state index contributed by atoms with van der Waals surface area (Å²) in [6.45, 7) is 6.37. The van der Waals surface area contributed by atoms with Crippen molar-refractivity contribution in [2.24, 2.45) is 5.92 Å². The minimum atomic E-state index is -3.36. The highest BCUT2D eigenvalue weighted by atomic mass is 32.2. The number of hydrogen-bond donors (Lipinski definition) is 1. The third-order valence-electron chi connectivity index (χ3n) is 4.52. The number of nitrogens with zero attached hydrogens (tertiary/aromatic N) is 1. The second-order valence-electron chi connectivity index (χ2n) is 6.06. The van der Waals surface area contributed by atoms with Crippen LogP contribution in [-0.4, -0.2) is 82.8 Å². The second kappa shape index (κ2) is 7.72. The van der Waals surface area contributed by atoms with Gasteiger partial charge in [0.25, 0.3) is 0 Å². The molecular formula is C14H26N2O5S. The summed E-state index contributed by atoms with van der Waals surface area (Å²) in [5, 5.41) is 1.79. The zero-order chi connectivity index (χ0) is 16.2. The maximum absolute atomic E-state index is 12.0. The first kappa shape index (κ1) is 17.7. The number of sulfone groups is 1. The van der Waals surface area contributed by atoms with Gasteiger partial charge in [-0.25, -0.2) is 8.42 Å². The van der Waals surface area contributed by atoms with E-state index in [4.69, 9.17) is 9.47 Å². The van der Waals surface area contributed by atoms with E-state index in [0.29, 0.717) is 32.3 Å². The van der Waals surface area contributed by atoms with Gasteiger partial charge >= 0.3 is 0 Å². The van der Waals surface area contributed by atoms with E-state index in [2.05, 4.69) is 10.2 Å². The summed E-state index contributed by atoms with van der Waals surface area (Å²) >= 11 is 0. The largest absolute Gasteiger partial charge is 0.381 e. The van der Waals surface area contributed by atoms with Crippen molar-refractivity contribution in [1.82, 2.24) is 10.2 Å². The van der Waals surface area contributed by atoms with E-state index in [1.807, 2.05) is 0 Å². The first-order valence-corrected chi connectivity index (χ1v) is 9.71. The fourth-order valence-corrected chi connectivity index (χ4v) is 3.37. The van der Waals surface area contributed by atoms with Crippen molar-refractivity contribution in [3.8, 4) is 0 Å². The summed E-state index contributed by atoms with van der Waals surface area (Å²) < 4.78 is 33.8. The fraction of sp³-hybridized carbons (Fsp3) is 0.929. The molecule has 3 atom stereocenters. The second-order valence-corrected chi connectivity index (χ2v) is 8.42. The maximum Gasteiger partial charge on any atom is 0.238 e. The van der Waals surface area contributed by atoms with Gasteiger partial charge in [-0.3, -0.25) is 9.69 Å². The topological polar surface area (TPSA) is 84.9 Å². The van der Waals surface area contributed by atoms with Gasteiger partial charge in [-0.1, -0.05) is 0 Å². The summed E-state index contributed by atoms with van der Waals surface area (Å²) in [6.07, 6.45) is 2.06. The van der Waals surface area contributed by atoms with E-state index >= 15 is 0 Å². The van der Waals surface area contributed by atoms with Crippen LogP contribution in [0.2, 0.25) is 0 Å². The van der Waals surface area contributed by atoms with Gasteiger partial charge in [0.05, 0.1) is 19.8 Å². The van der Waals surface area contributed by atoms with Gasteiger partial charge < -0.3 is 14.8 Å². The molecule has 0 aromatic rings. The quantitative estimate of drug-likeness (QED) is 0.690. The molecule has 22 heavy (non-hydrogen) atoms. The lowest BCUT2D eigenvalue weighted by molar-refractivity contribution is -0.120. The third-order valence-corrected chi connectivity index (χ3v) is 6.02. The van der Waals surface area contributed by atoms with Crippen molar-refractivity contribution in [3.63, 3.8) is 0 Å². The first-order chi connectivity index (χ1) is 10.4. The smallest absolute Gasteiger partial charge is 0.238 e. The van der Waals surface area contributed by atoms with Crippen LogP contribution in [0.15, 0.2) is 0 Å². The molecule has 0 unspecified atom stereocenters. The molecular weight excluding hydrogens is 308 g/mol. The van der Waals surface area contributed by atoms with E-state index in [1.54, 1.807) is 0 Å². The fourth-order valence-electron chi connectivity index (χ4n) is 2.90. The average molecular weight is 334 g/mol. The first-order valence-electron chi connectivity index (χ1n) is 7.75. The van der Waals surface area contributed by atoms with Gasteiger partial charge in [0, 0.05) is 44.5 Å². The van der Waals surface area contributed by atoms with Crippen LogP contribution in [0, 0.1) is 5.92 Å². The molecule has 2 aliphatic heterocycles. The van der Waals surface area contributed by atoms with Crippen LogP contribution in [0.5, 0.6) is 0 Å². The molecule has 0 aliphatic carbocycles. The van der Waals surface area contributed by atoms with Crippen LogP contribution in [0.4, 0.5) is 0 Å². The average Bonchev–Trinajstić information content (AvgIpc) is 3.00. The number of rotatable bonds is 6. The third kappa shape index (κ3) is 4.65. The van der Waals surface area contributed by atoms with Crippen LogP contribution < -0.4 is 5.32 Å². The summed E-state index contributed by atoms with van der Waals surface area (Å²) in [5.74, 6) is -0.0633. The minimum absolute atomic E-state index is 0.169. The molecule has 0 aromatic heterocycles. The lowest BCUT2D eigenvalue weighted by atomic mass is 9.97. The van der Waals surface area contributed by atoms with Crippen LogP contribution in [-0.2, 0) is 24.1 Å². The van der Waals surface area contributed by atoms with Crippen molar-refractivity contribution in [2.75, 3.05) is 52.3 Å². The number of nitrogens with one attached hydrogen (secondary N) is 1. The number of carbonyl (C=O) groups excluding carboxylic acids is 1. The molecule has 0 spiro atoms. The number of amides is 1. The number of ether oxygens (including phenoxy) is 2. The Morgan fingerprint density at radius 3 is 2.50 bits per heavy atom. The van der Waals surface area contributed by atoms with Gasteiger partial charge in [-0.15, -0.1) is 0 Å². The number of morpholine rings is 1. The van der Waals surface area contributed by atoms with Crippen molar-refractivity contribution in [1.29, 1.82) is 0 Å². The van der Waals surface area contributed by atoms with Gasteiger partial charge in [0.1, 0.15) is 5.25 Å². The summed E-state index contributed by atoms with van der Waals surface area (Å²) in [5.41, 5.74) is 0.